The van der Waals surface area contributed by atoms with Crippen molar-refractivity contribution >= 4 is 0 Å². The van der Waals surface area contributed by atoms with Crippen LogP contribution in [-0.2, 0) is 0 Å². The van der Waals surface area contributed by atoms with Crippen molar-refractivity contribution in [3.8, 4) is 11.5 Å². The van der Waals surface area contributed by atoms with Crippen LogP contribution < -0.4 is 9.47 Å². The Kier molecular flexibility index (Phi) is 11.6. The second kappa shape index (κ2) is 15.6. The fraction of sp³-hybridized carbons (Fsp3) is 0.526. The highest BCUT2D eigenvalue weighted by molar-refractivity contribution is 5.36. The van der Waals surface area contributed by atoms with Crippen molar-refractivity contribution in [3.05, 3.63) is 93.6 Å². The van der Waals surface area contributed by atoms with Gasteiger partial charge in [0.15, 0.2) is 34.8 Å². The van der Waals surface area contributed by atoms with Crippen LogP contribution in [0.2, 0.25) is 0 Å². The topological polar surface area (TPSA) is 18.5 Å². The summed E-state index contributed by atoms with van der Waals surface area (Å²) < 4.78 is 101. The third-order valence-electron chi connectivity index (χ3n) is 10.0. The first-order valence-electron chi connectivity index (χ1n) is 16.9. The summed E-state index contributed by atoms with van der Waals surface area (Å²) in [5.41, 5.74) is 1.24. The fourth-order valence-corrected chi connectivity index (χ4v) is 7.24. The van der Waals surface area contributed by atoms with Crippen LogP contribution in [0.15, 0.2) is 36.4 Å². The van der Waals surface area contributed by atoms with E-state index in [0.29, 0.717) is 86.8 Å². The lowest BCUT2D eigenvalue weighted by Gasteiger charge is -2.31. The van der Waals surface area contributed by atoms with Gasteiger partial charge in [0.1, 0.15) is 0 Å². The number of benzene rings is 3. The normalized spacial score (nSPS) is 21.7. The first kappa shape index (κ1) is 34.2. The predicted molar refractivity (Wildman–Crippen MR) is 168 cm³/mol. The summed E-state index contributed by atoms with van der Waals surface area (Å²) in [6, 6.07) is 9.45. The smallest absolute Gasteiger partial charge is 0.200 e. The van der Waals surface area contributed by atoms with Crippen molar-refractivity contribution < 1.29 is 35.8 Å². The van der Waals surface area contributed by atoms with Crippen LogP contribution in [-0.4, -0.2) is 13.2 Å². The lowest BCUT2D eigenvalue weighted by atomic mass is 9.74. The number of hydrogen-bond donors (Lipinski definition) is 0. The molecule has 250 valence electrons. The maximum absolute atomic E-state index is 15.5. The van der Waals surface area contributed by atoms with Crippen molar-refractivity contribution in [1.29, 1.82) is 0 Å². The van der Waals surface area contributed by atoms with Gasteiger partial charge >= 0.3 is 0 Å². The van der Waals surface area contributed by atoms with Gasteiger partial charge in [-0.15, -0.1) is 0 Å². The van der Waals surface area contributed by atoms with E-state index in [1.807, 2.05) is 13.8 Å². The van der Waals surface area contributed by atoms with Gasteiger partial charge in [0, 0.05) is 0 Å². The number of unbranched alkanes of at least 4 members (excludes halogenated alkanes) is 2. The third kappa shape index (κ3) is 7.36. The van der Waals surface area contributed by atoms with E-state index < -0.39 is 34.9 Å². The van der Waals surface area contributed by atoms with Gasteiger partial charge in [0.2, 0.25) is 11.6 Å². The van der Waals surface area contributed by atoms with Crippen molar-refractivity contribution in [2.24, 2.45) is 0 Å². The molecule has 0 unspecified atom stereocenters. The summed E-state index contributed by atoms with van der Waals surface area (Å²) in [5, 5.41) is 0. The van der Waals surface area contributed by atoms with Gasteiger partial charge in [0.25, 0.3) is 0 Å². The van der Waals surface area contributed by atoms with Gasteiger partial charge in [-0.3, -0.25) is 0 Å². The molecule has 3 aromatic carbocycles. The summed E-state index contributed by atoms with van der Waals surface area (Å²) in [6.45, 7) is 4.62. The van der Waals surface area contributed by atoms with Crippen molar-refractivity contribution in [1.82, 2.24) is 0 Å². The van der Waals surface area contributed by atoms with Gasteiger partial charge in [-0.2, -0.15) is 8.78 Å². The summed E-state index contributed by atoms with van der Waals surface area (Å²) in [5.74, 6) is -6.45. The van der Waals surface area contributed by atoms with E-state index in [9.17, 15) is 17.6 Å². The molecular formula is C38H44F6O2. The maximum Gasteiger partial charge on any atom is 0.200 e. The molecule has 0 N–H and O–H groups in total. The molecular weight excluding hydrogens is 602 g/mol. The molecule has 2 nitrogen and oxygen atoms in total. The van der Waals surface area contributed by atoms with Crippen LogP contribution in [0, 0.1) is 34.9 Å². The molecule has 0 aliphatic heterocycles. The van der Waals surface area contributed by atoms with Crippen LogP contribution in [0.25, 0.3) is 0 Å². The lowest BCUT2D eigenvalue weighted by Crippen LogP contribution is -2.17. The molecule has 5 rings (SSSR count). The monoisotopic (exact) mass is 646 g/mol. The zero-order valence-corrected chi connectivity index (χ0v) is 26.8. The molecule has 0 radical (unpaired) electrons. The second-order valence-electron chi connectivity index (χ2n) is 12.9. The van der Waals surface area contributed by atoms with E-state index >= 15 is 8.78 Å². The highest BCUT2D eigenvalue weighted by Gasteiger charge is 2.32. The quantitative estimate of drug-likeness (QED) is 0.144. The van der Waals surface area contributed by atoms with Crippen LogP contribution in [0.5, 0.6) is 11.5 Å². The van der Waals surface area contributed by atoms with Crippen LogP contribution in [0.4, 0.5) is 26.3 Å². The molecule has 0 aromatic heterocycles. The molecule has 3 aromatic rings. The molecule has 2 aliphatic carbocycles. The Morgan fingerprint density at radius 1 is 0.435 bits per heavy atom. The van der Waals surface area contributed by atoms with E-state index in [2.05, 4.69) is 0 Å². The zero-order chi connectivity index (χ0) is 32.8. The molecule has 0 bridgehead atoms. The molecule has 0 spiro atoms. The van der Waals surface area contributed by atoms with Gasteiger partial charge in [-0.1, -0.05) is 51.0 Å². The van der Waals surface area contributed by atoms with Gasteiger partial charge in [-0.25, -0.2) is 17.6 Å². The van der Waals surface area contributed by atoms with Crippen LogP contribution in [0.3, 0.4) is 0 Å². The van der Waals surface area contributed by atoms with Crippen molar-refractivity contribution in [3.63, 3.8) is 0 Å². The van der Waals surface area contributed by atoms with Crippen molar-refractivity contribution in [2.75, 3.05) is 13.2 Å². The molecule has 8 heteroatoms. The largest absolute Gasteiger partial charge is 0.490 e. The van der Waals surface area contributed by atoms with E-state index in [4.69, 9.17) is 9.47 Å². The average Bonchev–Trinajstić information content (AvgIpc) is 3.07. The minimum atomic E-state index is -0.976. The lowest BCUT2D eigenvalue weighted by molar-refractivity contribution is 0.286. The number of hydrogen-bond acceptors (Lipinski definition) is 2. The van der Waals surface area contributed by atoms with Gasteiger partial charge in [-0.05, 0) is 122 Å². The third-order valence-corrected chi connectivity index (χ3v) is 10.0. The van der Waals surface area contributed by atoms with Crippen molar-refractivity contribution in [2.45, 2.75) is 115 Å². The molecule has 0 saturated heterocycles. The minimum Gasteiger partial charge on any atom is -0.490 e. The summed E-state index contributed by atoms with van der Waals surface area (Å²) >= 11 is 0. The van der Waals surface area contributed by atoms with Gasteiger partial charge in [0.05, 0.1) is 13.2 Å². The molecule has 2 saturated carbocycles. The Balaban J connectivity index is 1.19. The predicted octanol–water partition coefficient (Wildman–Crippen LogP) is 11.8. The highest BCUT2D eigenvalue weighted by Crippen LogP contribution is 2.46. The van der Waals surface area contributed by atoms with Crippen LogP contribution in [0.1, 0.15) is 137 Å². The Labute approximate surface area is 268 Å². The van der Waals surface area contributed by atoms with Gasteiger partial charge < -0.3 is 9.47 Å². The summed E-state index contributed by atoms with van der Waals surface area (Å²) in [4.78, 5) is 0. The summed E-state index contributed by atoms with van der Waals surface area (Å²) in [7, 11) is 0. The second-order valence-corrected chi connectivity index (χ2v) is 12.9. The number of ether oxygens (including phenoxy) is 2. The number of rotatable bonds is 12. The standard InChI is InChI=1S/C38H44F6O2/c1-3-5-21-45-31-19-17-29(35(41)37(31)43)25-11-7-23(8-12-25)27-15-16-28(34(40)33(27)39)24-9-13-26(14-10-24)30-18-20-32(38(44)36(30)42)46-22-6-4-2/h15-20,23-26H,3-14,21-22H2,1-2H3. The molecule has 2 aliphatic rings. The van der Waals surface area contributed by atoms with E-state index in [-0.39, 0.29) is 35.2 Å². The average molecular weight is 647 g/mol. The Hall–Kier alpha value is -3.16. The van der Waals surface area contributed by atoms with E-state index in [0.717, 1.165) is 25.7 Å². The Morgan fingerprint density at radius 2 is 0.696 bits per heavy atom. The number of halogens is 6. The molecule has 46 heavy (non-hydrogen) atoms. The molecule has 0 amide bonds. The molecule has 2 fully saturated rings. The van der Waals surface area contributed by atoms with E-state index in [1.54, 1.807) is 24.3 Å². The first-order chi connectivity index (χ1) is 22.2. The molecule has 0 heterocycles. The molecule has 0 atom stereocenters. The highest BCUT2D eigenvalue weighted by atomic mass is 19.2. The Morgan fingerprint density at radius 3 is 0.978 bits per heavy atom. The minimum absolute atomic E-state index is 0.0857. The maximum atomic E-state index is 15.5. The SMILES string of the molecule is CCCCOc1ccc(C2CCC(c3ccc(C4CCC(c5ccc(OCCCC)c(F)c5F)CC4)c(F)c3F)CC2)c(F)c1F. The van der Waals surface area contributed by atoms with Crippen LogP contribution >= 0.6 is 0 Å². The first-order valence-corrected chi connectivity index (χ1v) is 16.9. The summed E-state index contributed by atoms with van der Waals surface area (Å²) in [6.07, 6.45) is 7.54. The fourth-order valence-electron chi connectivity index (χ4n) is 7.24. The zero-order valence-electron chi connectivity index (χ0n) is 26.8. The van der Waals surface area contributed by atoms with E-state index in [1.165, 1.54) is 12.1 Å². The Bertz CT molecular complexity index is 1360.